The molecule has 7 nitrogen and oxygen atoms in total. The molecule has 1 aromatic carbocycles. The predicted molar refractivity (Wildman–Crippen MR) is 103 cm³/mol. The summed E-state index contributed by atoms with van der Waals surface area (Å²) in [5.74, 6) is -0.355. The van der Waals surface area contributed by atoms with E-state index in [1.165, 1.54) is 0 Å². The maximum Gasteiger partial charge on any atom is 0.240 e. The molecule has 0 spiro atoms. The Morgan fingerprint density at radius 1 is 1.30 bits per heavy atom. The fourth-order valence-electron chi connectivity index (χ4n) is 3.05. The van der Waals surface area contributed by atoms with Crippen molar-refractivity contribution in [1.82, 2.24) is 14.1 Å². The fourth-order valence-corrected chi connectivity index (χ4v) is 3.05. The topological polar surface area (TPSA) is 92.9 Å². The van der Waals surface area contributed by atoms with Crippen LogP contribution in [0.1, 0.15) is 23.7 Å². The van der Waals surface area contributed by atoms with Crippen molar-refractivity contribution in [2.24, 2.45) is 12.8 Å². The van der Waals surface area contributed by atoms with E-state index in [1.54, 1.807) is 18.5 Å². The molecule has 1 amide bonds. The van der Waals surface area contributed by atoms with E-state index in [0.717, 1.165) is 11.4 Å². The van der Waals surface area contributed by atoms with E-state index in [4.69, 9.17) is 11.0 Å². The minimum atomic E-state index is -0.410. The van der Waals surface area contributed by atoms with Crippen molar-refractivity contribution in [1.29, 1.82) is 5.26 Å². The third kappa shape index (κ3) is 4.36. The van der Waals surface area contributed by atoms with E-state index in [0.29, 0.717) is 25.1 Å². The summed E-state index contributed by atoms with van der Waals surface area (Å²) in [5, 5.41) is 9.02. The van der Waals surface area contributed by atoms with Crippen LogP contribution in [0.15, 0.2) is 61.3 Å². The molecule has 138 valence electrons. The highest BCUT2D eigenvalue weighted by atomic mass is 16.1. The Morgan fingerprint density at radius 3 is 2.56 bits per heavy atom. The largest absolute Gasteiger partial charge is 0.368 e. The van der Waals surface area contributed by atoms with Gasteiger partial charge in [0, 0.05) is 37.9 Å². The number of primary amides is 1. The Kier molecular flexibility index (Phi) is 5.57. The molecule has 0 aliphatic carbocycles. The van der Waals surface area contributed by atoms with Crippen molar-refractivity contribution in [2.45, 2.75) is 19.0 Å². The number of anilines is 1. The first-order chi connectivity index (χ1) is 13.1. The smallest absolute Gasteiger partial charge is 0.240 e. The number of aryl methyl sites for hydroxylation is 1. The fraction of sp³-hybridized carbons (Fsp3) is 0.250. The lowest BCUT2D eigenvalue weighted by atomic mass is 10.1. The van der Waals surface area contributed by atoms with Crippen LogP contribution in [0.3, 0.4) is 0 Å². The van der Waals surface area contributed by atoms with Gasteiger partial charge in [-0.25, -0.2) is 4.98 Å². The van der Waals surface area contributed by atoms with Gasteiger partial charge < -0.3 is 19.8 Å². The number of hydrogen-bond donors (Lipinski definition) is 1. The van der Waals surface area contributed by atoms with Crippen LogP contribution in [0, 0.1) is 11.3 Å². The van der Waals surface area contributed by atoms with Gasteiger partial charge in [-0.15, -0.1) is 0 Å². The standard InChI is InChI=1S/C20H22N6O/c1-24-15-23-13-18(24)14-26(17-6-4-16(12-21)5-7-17)11-8-19(20(22)27)25-9-2-3-10-25/h2-7,9-10,13,15,19H,8,11,14H2,1H3,(H2,22,27). The molecule has 0 saturated carbocycles. The van der Waals surface area contributed by atoms with Crippen LogP contribution >= 0.6 is 0 Å². The van der Waals surface area contributed by atoms with E-state index < -0.39 is 6.04 Å². The monoisotopic (exact) mass is 362 g/mol. The summed E-state index contributed by atoms with van der Waals surface area (Å²) < 4.78 is 3.80. The molecule has 1 unspecified atom stereocenters. The molecule has 1 atom stereocenters. The van der Waals surface area contributed by atoms with Crippen LogP contribution in [-0.2, 0) is 18.4 Å². The minimum absolute atomic E-state index is 0.355. The molecule has 0 fully saturated rings. The number of nitrogens with two attached hydrogens (primary N) is 1. The number of nitrogens with zero attached hydrogens (tertiary/aromatic N) is 5. The summed E-state index contributed by atoms with van der Waals surface area (Å²) in [7, 11) is 1.95. The summed E-state index contributed by atoms with van der Waals surface area (Å²) in [4.78, 5) is 18.3. The number of hydrogen-bond acceptors (Lipinski definition) is 4. The van der Waals surface area contributed by atoms with E-state index >= 15 is 0 Å². The third-order valence-corrected chi connectivity index (χ3v) is 4.62. The molecular weight excluding hydrogens is 340 g/mol. The summed E-state index contributed by atoms with van der Waals surface area (Å²) in [6.45, 7) is 1.27. The first-order valence-electron chi connectivity index (χ1n) is 8.70. The van der Waals surface area contributed by atoms with E-state index in [2.05, 4.69) is 16.0 Å². The average Bonchev–Trinajstić information content (AvgIpc) is 3.33. The molecule has 0 saturated heterocycles. The highest BCUT2D eigenvalue weighted by Gasteiger charge is 2.19. The Balaban J connectivity index is 1.81. The maximum absolute atomic E-state index is 11.9. The Hall–Kier alpha value is -3.53. The van der Waals surface area contributed by atoms with Crippen molar-refractivity contribution in [3.63, 3.8) is 0 Å². The number of imidazole rings is 1. The molecule has 3 rings (SSSR count). The molecule has 3 aromatic rings. The van der Waals surface area contributed by atoms with Crippen LogP contribution in [0.5, 0.6) is 0 Å². The SMILES string of the molecule is Cn1cncc1CN(CCC(C(N)=O)n1cccc1)c1ccc(C#N)cc1. The highest BCUT2D eigenvalue weighted by molar-refractivity contribution is 5.78. The number of rotatable bonds is 8. The Bertz CT molecular complexity index is 920. The second-order valence-electron chi connectivity index (χ2n) is 6.41. The van der Waals surface area contributed by atoms with Gasteiger partial charge >= 0.3 is 0 Å². The van der Waals surface area contributed by atoms with Crippen molar-refractivity contribution < 1.29 is 4.79 Å². The van der Waals surface area contributed by atoms with Crippen LogP contribution in [0.25, 0.3) is 0 Å². The molecule has 7 heteroatoms. The predicted octanol–water partition coefficient (Wildman–Crippen LogP) is 2.22. The highest BCUT2D eigenvalue weighted by Crippen LogP contribution is 2.21. The van der Waals surface area contributed by atoms with Gasteiger partial charge in [-0.2, -0.15) is 5.26 Å². The van der Waals surface area contributed by atoms with Gasteiger partial charge in [-0.3, -0.25) is 4.79 Å². The molecule has 0 aliphatic rings. The van der Waals surface area contributed by atoms with Crippen molar-refractivity contribution in [3.05, 3.63) is 72.6 Å². The lowest BCUT2D eigenvalue weighted by molar-refractivity contribution is -0.121. The first kappa shape index (κ1) is 18.3. The molecule has 2 aromatic heterocycles. The molecule has 0 bridgehead atoms. The van der Waals surface area contributed by atoms with Crippen LogP contribution in [0.2, 0.25) is 0 Å². The molecule has 2 heterocycles. The quantitative estimate of drug-likeness (QED) is 0.665. The van der Waals surface area contributed by atoms with Crippen molar-refractivity contribution >= 4 is 11.6 Å². The van der Waals surface area contributed by atoms with Crippen LogP contribution < -0.4 is 10.6 Å². The van der Waals surface area contributed by atoms with Gasteiger partial charge in [0.15, 0.2) is 0 Å². The van der Waals surface area contributed by atoms with Crippen LogP contribution in [0.4, 0.5) is 5.69 Å². The van der Waals surface area contributed by atoms with Crippen molar-refractivity contribution in [3.8, 4) is 6.07 Å². The van der Waals surface area contributed by atoms with E-state index in [1.807, 2.05) is 59.0 Å². The summed E-state index contributed by atoms with van der Waals surface area (Å²) in [6, 6.07) is 12.9. The van der Waals surface area contributed by atoms with Gasteiger partial charge in [-0.1, -0.05) is 0 Å². The normalized spacial score (nSPS) is 11.7. The van der Waals surface area contributed by atoms with Gasteiger partial charge in [0.2, 0.25) is 5.91 Å². The zero-order valence-corrected chi connectivity index (χ0v) is 15.2. The lowest BCUT2D eigenvalue weighted by Crippen LogP contribution is -2.32. The van der Waals surface area contributed by atoms with Gasteiger partial charge in [-0.05, 0) is 42.8 Å². The summed E-state index contributed by atoms with van der Waals surface area (Å²) >= 11 is 0. The lowest BCUT2D eigenvalue weighted by Gasteiger charge is -2.27. The molecule has 2 N–H and O–H groups in total. The van der Waals surface area contributed by atoms with E-state index in [9.17, 15) is 4.79 Å². The zero-order valence-electron chi connectivity index (χ0n) is 15.2. The van der Waals surface area contributed by atoms with Gasteiger partial charge in [0.25, 0.3) is 0 Å². The Labute approximate surface area is 158 Å². The first-order valence-corrected chi connectivity index (χ1v) is 8.70. The molecule has 0 radical (unpaired) electrons. The van der Waals surface area contributed by atoms with E-state index in [-0.39, 0.29) is 5.91 Å². The molecule has 0 aliphatic heterocycles. The summed E-state index contributed by atoms with van der Waals surface area (Å²) in [5.41, 5.74) is 8.26. The average molecular weight is 362 g/mol. The summed E-state index contributed by atoms with van der Waals surface area (Å²) in [6.07, 6.45) is 7.86. The third-order valence-electron chi connectivity index (χ3n) is 4.62. The van der Waals surface area contributed by atoms with Crippen LogP contribution in [-0.4, -0.2) is 26.6 Å². The van der Waals surface area contributed by atoms with Gasteiger partial charge in [0.05, 0.1) is 30.2 Å². The molecule has 27 heavy (non-hydrogen) atoms. The van der Waals surface area contributed by atoms with Gasteiger partial charge in [0.1, 0.15) is 6.04 Å². The number of benzene rings is 1. The van der Waals surface area contributed by atoms with Crippen molar-refractivity contribution in [2.75, 3.05) is 11.4 Å². The number of aromatic nitrogens is 3. The maximum atomic E-state index is 11.9. The minimum Gasteiger partial charge on any atom is -0.368 e. The number of amides is 1. The molecular formula is C20H22N6O. The number of carbonyl (C=O) groups excluding carboxylic acids is 1. The Morgan fingerprint density at radius 2 is 2.00 bits per heavy atom. The zero-order chi connectivity index (χ0) is 19.2. The number of carbonyl (C=O) groups is 1. The second kappa shape index (κ2) is 8.23. The number of nitriles is 1. The second-order valence-corrected chi connectivity index (χ2v) is 6.41.